The van der Waals surface area contributed by atoms with Gasteiger partial charge >= 0.3 is 6.09 Å². The monoisotopic (exact) mass is 446 g/mol. The van der Waals surface area contributed by atoms with Crippen molar-refractivity contribution in [1.82, 2.24) is 20.0 Å². The van der Waals surface area contributed by atoms with Gasteiger partial charge in [-0.1, -0.05) is 19.9 Å². The number of aromatic nitrogens is 2. The highest BCUT2D eigenvalue weighted by atomic mass is 16.6. The van der Waals surface area contributed by atoms with Crippen LogP contribution in [-0.2, 0) is 16.0 Å². The number of nitrogens with zero attached hydrogens (tertiary/aromatic N) is 3. The van der Waals surface area contributed by atoms with Crippen molar-refractivity contribution in [1.29, 1.82) is 0 Å². The van der Waals surface area contributed by atoms with Crippen molar-refractivity contribution in [3.05, 3.63) is 23.5 Å². The first-order chi connectivity index (χ1) is 15.0. The Balaban J connectivity index is 1.66. The van der Waals surface area contributed by atoms with Crippen molar-refractivity contribution < 1.29 is 14.3 Å². The van der Waals surface area contributed by atoms with Crippen LogP contribution >= 0.6 is 0 Å². The normalized spacial score (nSPS) is 21.3. The summed E-state index contributed by atoms with van der Waals surface area (Å²) >= 11 is 0. The van der Waals surface area contributed by atoms with Crippen molar-refractivity contribution in [3.8, 4) is 0 Å². The topological polar surface area (TPSA) is 68.6 Å². The number of hydrogen-bond acceptors (Lipinski definition) is 5. The molecular formula is C25H42N4O3. The molecule has 1 amide bonds. The lowest BCUT2D eigenvalue weighted by molar-refractivity contribution is -0.0396. The van der Waals surface area contributed by atoms with Crippen molar-refractivity contribution in [2.24, 2.45) is 5.41 Å². The number of hydrogen-bond donors (Lipinski definition) is 1. The van der Waals surface area contributed by atoms with Crippen LogP contribution in [-0.4, -0.2) is 53.1 Å². The van der Waals surface area contributed by atoms with Crippen LogP contribution in [0.15, 0.2) is 12.3 Å². The van der Waals surface area contributed by atoms with Crippen LogP contribution in [0.25, 0.3) is 5.57 Å². The lowest BCUT2D eigenvalue weighted by Gasteiger charge is -2.28. The fraction of sp³-hybridized carbons (Fsp3) is 0.760. The second-order valence-electron chi connectivity index (χ2n) is 11.1. The van der Waals surface area contributed by atoms with Gasteiger partial charge in [-0.2, -0.15) is 5.10 Å². The van der Waals surface area contributed by atoms with Gasteiger partial charge in [-0.05, 0) is 77.3 Å². The van der Waals surface area contributed by atoms with Crippen LogP contribution in [0.2, 0.25) is 0 Å². The first-order valence-corrected chi connectivity index (χ1v) is 12.1. The minimum Gasteiger partial charge on any atom is -0.444 e. The Morgan fingerprint density at radius 3 is 2.78 bits per heavy atom. The standard InChI is InChI=1S/C25H42N4O3/c1-24(2,3)32-23(30)26-14-15-28(6)17-20-18-29(21-9-7-8-16-31-21)27-22(20)19-10-12-25(4,5)13-11-19/h10,18,21H,7-9,11-17H2,1-6H3,(H,26,30). The number of nitrogens with one attached hydrogen (secondary N) is 1. The number of alkyl carbamates (subject to hydrolysis) is 1. The van der Waals surface area contributed by atoms with E-state index in [0.29, 0.717) is 12.0 Å². The lowest BCUT2D eigenvalue weighted by atomic mass is 9.77. The molecule has 1 aromatic heterocycles. The van der Waals surface area contributed by atoms with E-state index in [2.05, 4.69) is 43.4 Å². The van der Waals surface area contributed by atoms with E-state index in [-0.39, 0.29) is 12.3 Å². The number of rotatable bonds is 7. The molecule has 1 atom stereocenters. The molecule has 7 nitrogen and oxygen atoms in total. The van der Waals surface area contributed by atoms with Crippen LogP contribution < -0.4 is 5.32 Å². The Hall–Kier alpha value is -1.86. The van der Waals surface area contributed by atoms with Gasteiger partial charge in [0, 0.05) is 38.0 Å². The second kappa shape index (κ2) is 10.4. The Morgan fingerprint density at radius 2 is 2.16 bits per heavy atom. The van der Waals surface area contributed by atoms with E-state index in [4.69, 9.17) is 14.6 Å². The average molecular weight is 447 g/mol. The predicted molar refractivity (Wildman–Crippen MR) is 127 cm³/mol. The summed E-state index contributed by atoms with van der Waals surface area (Å²) in [6.45, 7) is 13.1. The van der Waals surface area contributed by atoms with E-state index in [0.717, 1.165) is 51.1 Å². The maximum atomic E-state index is 11.9. The minimum atomic E-state index is -0.483. The van der Waals surface area contributed by atoms with Crippen molar-refractivity contribution in [2.75, 3.05) is 26.7 Å². The predicted octanol–water partition coefficient (Wildman–Crippen LogP) is 5.13. The number of carbonyl (C=O) groups is 1. The summed E-state index contributed by atoms with van der Waals surface area (Å²) in [6.07, 6.45) is 10.9. The first-order valence-electron chi connectivity index (χ1n) is 12.1. The molecule has 1 aromatic rings. The minimum absolute atomic E-state index is 0.0380. The summed E-state index contributed by atoms with van der Waals surface area (Å²) in [5.41, 5.74) is 3.58. The summed E-state index contributed by atoms with van der Waals surface area (Å²) in [5, 5.41) is 7.86. The number of allylic oxidation sites excluding steroid dienone is 2. The molecule has 3 rings (SSSR count). The van der Waals surface area contributed by atoms with Gasteiger partial charge < -0.3 is 19.7 Å². The first kappa shape index (κ1) is 24.8. The molecule has 1 saturated heterocycles. The molecule has 2 aliphatic rings. The van der Waals surface area contributed by atoms with Crippen LogP contribution in [0, 0.1) is 5.41 Å². The zero-order valence-corrected chi connectivity index (χ0v) is 20.9. The van der Waals surface area contributed by atoms with E-state index in [1.54, 1.807) is 0 Å². The largest absolute Gasteiger partial charge is 0.444 e. The quantitative estimate of drug-likeness (QED) is 0.629. The van der Waals surface area contributed by atoms with Crippen molar-refractivity contribution >= 4 is 11.7 Å². The zero-order chi connectivity index (χ0) is 23.4. The van der Waals surface area contributed by atoms with Gasteiger partial charge in [-0.3, -0.25) is 0 Å². The van der Waals surface area contributed by atoms with Gasteiger partial charge in [0.05, 0.1) is 5.69 Å². The molecule has 1 N–H and O–H groups in total. The highest BCUT2D eigenvalue weighted by molar-refractivity contribution is 5.67. The molecule has 7 heteroatoms. The Morgan fingerprint density at radius 1 is 1.38 bits per heavy atom. The van der Waals surface area contributed by atoms with Gasteiger partial charge in [0.1, 0.15) is 11.8 Å². The number of carbonyl (C=O) groups excluding carboxylic acids is 1. The van der Waals surface area contributed by atoms with E-state index < -0.39 is 5.60 Å². The van der Waals surface area contributed by atoms with E-state index in [1.165, 1.54) is 24.0 Å². The summed E-state index contributed by atoms with van der Waals surface area (Å²) in [7, 11) is 2.08. The van der Waals surface area contributed by atoms with Crippen molar-refractivity contribution in [2.45, 2.75) is 91.5 Å². The molecule has 2 heterocycles. The van der Waals surface area contributed by atoms with E-state index >= 15 is 0 Å². The highest BCUT2D eigenvalue weighted by Crippen LogP contribution is 2.39. The molecule has 0 spiro atoms. The fourth-order valence-corrected chi connectivity index (χ4v) is 4.22. The fourth-order valence-electron chi connectivity index (χ4n) is 4.22. The molecule has 1 unspecified atom stereocenters. The molecule has 1 fully saturated rings. The van der Waals surface area contributed by atoms with Crippen molar-refractivity contribution in [3.63, 3.8) is 0 Å². The molecule has 1 aliphatic carbocycles. The number of likely N-dealkylation sites (N-methyl/N-ethyl adjacent to an activating group) is 1. The third-order valence-electron chi connectivity index (χ3n) is 6.14. The maximum Gasteiger partial charge on any atom is 0.407 e. The van der Waals surface area contributed by atoms with Gasteiger partial charge in [-0.25, -0.2) is 9.48 Å². The molecule has 0 radical (unpaired) electrons. The SMILES string of the molecule is CN(CCNC(=O)OC(C)(C)C)Cc1cn(C2CCCCO2)nc1C1=CCC(C)(C)CC1. The Kier molecular flexibility index (Phi) is 8.04. The third kappa shape index (κ3) is 7.34. The summed E-state index contributed by atoms with van der Waals surface area (Å²) < 4.78 is 13.4. The molecule has 0 saturated carbocycles. The summed E-state index contributed by atoms with van der Waals surface area (Å²) in [4.78, 5) is 14.1. The van der Waals surface area contributed by atoms with Gasteiger partial charge in [0.15, 0.2) is 0 Å². The molecule has 180 valence electrons. The highest BCUT2D eigenvalue weighted by Gasteiger charge is 2.26. The van der Waals surface area contributed by atoms with E-state index in [1.807, 2.05) is 25.5 Å². The number of ether oxygens (including phenoxy) is 2. The smallest absolute Gasteiger partial charge is 0.407 e. The summed E-state index contributed by atoms with van der Waals surface area (Å²) in [5.74, 6) is 0. The van der Waals surface area contributed by atoms with Crippen LogP contribution in [0.5, 0.6) is 0 Å². The van der Waals surface area contributed by atoms with Gasteiger partial charge in [0.2, 0.25) is 0 Å². The molecular weight excluding hydrogens is 404 g/mol. The Bertz CT molecular complexity index is 801. The average Bonchev–Trinajstić information content (AvgIpc) is 3.11. The third-order valence-corrected chi connectivity index (χ3v) is 6.14. The van der Waals surface area contributed by atoms with E-state index in [9.17, 15) is 4.79 Å². The molecule has 0 bridgehead atoms. The van der Waals surface area contributed by atoms with Gasteiger partial charge in [0.25, 0.3) is 0 Å². The van der Waals surface area contributed by atoms with Crippen LogP contribution in [0.1, 0.15) is 90.6 Å². The van der Waals surface area contributed by atoms with Gasteiger partial charge in [-0.15, -0.1) is 0 Å². The lowest BCUT2D eigenvalue weighted by Crippen LogP contribution is -2.36. The molecule has 0 aromatic carbocycles. The Labute approximate surface area is 193 Å². The number of amides is 1. The second-order valence-corrected chi connectivity index (χ2v) is 11.1. The molecule has 1 aliphatic heterocycles. The zero-order valence-electron chi connectivity index (χ0n) is 20.9. The van der Waals surface area contributed by atoms with Crippen LogP contribution in [0.4, 0.5) is 4.79 Å². The molecule has 32 heavy (non-hydrogen) atoms. The maximum absolute atomic E-state index is 11.9. The summed E-state index contributed by atoms with van der Waals surface area (Å²) in [6, 6.07) is 0. The van der Waals surface area contributed by atoms with Crippen LogP contribution in [0.3, 0.4) is 0 Å².